The second-order valence-electron chi connectivity index (χ2n) is 4.98. The van der Waals surface area contributed by atoms with E-state index in [2.05, 4.69) is 10.5 Å². The molecule has 0 aromatic carbocycles. The molecule has 0 radical (unpaired) electrons. The fraction of sp³-hybridized carbons (Fsp3) is 0.667. The SMILES string of the molecule is Cc1cc(NC(=O)CN(C)CC(O)C2CC2)on1. The van der Waals surface area contributed by atoms with Crippen LogP contribution in [0.5, 0.6) is 0 Å². The maximum atomic E-state index is 11.7. The Kier molecular flexibility index (Phi) is 3.98. The summed E-state index contributed by atoms with van der Waals surface area (Å²) < 4.78 is 4.90. The molecule has 0 aliphatic heterocycles. The lowest BCUT2D eigenvalue weighted by molar-refractivity contribution is -0.117. The van der Waals surface area contributed by atoms with Gasteiger partial charge in [0.05, 0.1) is 18.3 Å². The first kappa shape index (κ1) is 13.0. The fourth-order valence-electron chi connectivity index (χ4n) is 1.86. The highest BCUT2D eigenvalue weighted by atomic mass is 16.5. The first-order chi connectivity index (χ1) is 8.54. The fourth-order valence-corrected chi connectivity index (χ4v) is 1.86. The molecule has 1 atom stereocenters. The van der Waals surface area contributed by atoms with E-state index in [1.54, 1.807) is 13.0 Å². The molecule has 6 heteroatoms. The van der Waals surface area contributed by atoms with Gasteiger partial charge in [-0.15, -0.1) is 0 Å². The number of carbonyl (C=O) groups excluding carboxylic acids is 1. The monoisotopic (exact) mass is 253 g/mol. The van der Waals surface area contributed by atoms with Crippen LogP contribution in [0.4, 0.5) is 5.88 Å². The summed E-state index contributed by atoms with van der Waals surface area (Å²) in [5, 5.41) is 16.1. The van der Waals surface area contributed by atoms with Crippen LogP contribution in [-0.4, -0.2) is 47.3 Å². The Morgan fingerprint density at radius 2 is 2.44 bits per heavy atom. The van der Waals surface area contributed by atoms with Crippen LogP contribution in [0.25, 0.3) is 0 Å². The smallest absolute Gasteiger partial charge is 0.240 e. The summed E-state index contributed by atoms with van der Waals surface area (Å²) in [4.78, 5) is 13.5. The van der Waals surface area contributed by atoms with E-state index in [9.17, 15) is 9.90 Å². The van der Waals surface area contributed by atoms with Gasteiger partial charge in [0.1, 0.15) is 0 Å². The normalized spacial score (nSPS) is 16.9. The molecule has 2 rings (SSSR count). The molecule has 2 N–H and O–H groups in total. The molecule has 6 nitrogen and oxygen atoms in total. The van der Waals surface area contributed by atoms with Crippen molar-refractivity contribution in [3.05, 3.63) is 11.8 Å². The third kappa shape index (κ3) is 3.82. The zero-order chi connectivity index (χ0) is 13.1. The molecule has 0 bridgehead atoms. The van der Waals surface area contributed by atoms with Gasteiger partial charge < -0.3 is 9.63 Å². The summed E-state index contributed by atoms with van der Waals surface area (Å²) >= 11 is 0. The molecule has 1 aliphatic rings. The Bertz CT molecular complexity index is 414. The number of rotatable bonds is 6. The Labute approximate surface area is 106 Å². The van der Waals surface area contributed by atoms with E-state index in [-0.39, 0.29) is 18.6 Å². The van der Waals surface area contributed by atoms with Crippen molar-refractivity contribution in [3.63, 3.8) is 0 Å². The highest BCUT2D eigenvalue weighted by Gasteiger charge is 2.30. The van der Waals surface area contributed by atoms with Gasteiger partial charge in [-0.1, -0.05) is 5.16 Å². The number of nitrogens with one attached hydrogen (secondary N) is 1. The van der Waals surface area contributed by atoms with Crippen molar-refractivity contribution in [1.29, 1.82) is 0 Å². The standard InChI is InChI=1S/C12H19N3O3/c1-8-5-12(18-14-8)13-11(17)7-15(2)6-10(16)9-3-4-9/h5,9-10,16H,3-4,6-7H2,1-2H3,(H,13,17). The second-order valence-corrected chi connectivity index (χ2v) is 4.98. The molecule has 0 spiro atoms. The van der Waals surface area contributed by atoms with Gasteiger partial charge in [0, 0.05) is 12.6 Å². The lowest BCUT2D eigenvalue weighted by atomic mass is 10.2. The zero-order valence-corrected chi connectivity index (χ0v) is 10.7. The summed E-state index contributed by atoms with van der Waals surface area (Å²) in [6, 6.07) is 1.66. The Balaban J connectivity index is 1.72. The Morgan fingerprint density at radius 3 is 3.00 bits per heavy atom. The molecule has 1 aromatic rings. The molecule has 1 heterocycles. The number of hydrogen-bond acceptors (Lipinski definition) is 5. The quantitative estimate of drug-likeness (QED) is 0.777. The number of nitrogens with zero attached hydrogens (tertiary/aromatic N) is 2. The van der Waals surface area contributed by atoms with Gasteiger partial charge >= 0.3 is 0 Å². The number of aryl methyl sites for hydroxylation is 1. The van der Waals surface area contributed by atoms with E-state index < -0.39 is 0 Å². The van der Waals surface area contributed by atoms with E-state index in [1.165, 1.54) is 0 Å². The molecule has 1 amide bonds. The molecule has 1 saturated carbocycles. The van der Waals surface area contributed by atoms with Crippen molar-refractivity contribution in [3.8, 4) is 0 Å². The van der Waals surface area contributed by atoms with Crippen molar-refractivity contribution in [2.75, 3.05) is 25.5 Å². The first-order valence-electron chi connectivity index (χ1n) is 6.14. The summed E-state index contributed by atoms with van der Waals surface area (Å²) in [5.74, 6) is 0.609. The van der Waals surface area contributed by atoms with E-state index in [1.807, 2.05) is 11.9 Å². The number of aliphatic hydroxyl groups excluding tert-OH is 1. The number of anilines is 1. The minimum Gasteiger partial charge on any atom is -0.392 e. The van der Waals surface area contributed by atoms with Crippen molar-refractivity contribution in [2.45, 2.75) is 25.9 Å². The molecular formula is C12H19N3O3. The topological polar surface area (TPSA) is 78.6 Å². The summed E-state index contributed by atoms with van der Waals surface area (Å²) in [6.45, 7) is 2.54. The Hall–Kier alpha value is -1.40. The van der Waals surface area contributed by atoms with Gasteiger partial charge in [-0.2, -0.15) is 0 Å². The van der Waals surface area contributed by atoms with Crippen LogP contribution in [-0.2, 0) is 4.79 Å². The van der Waals surface area contributed by atoms with Gasteiger partial charge in [-0.25, -0.2) is 0 Å². The molecule has 18 heavy (non-hydrogen) atoms. The molecule has 1 aliphatic carbocycles. The average molecular weight is 253 g/mol. The van der Waals surface area contributed by atoms with Crippen molar-refractivity contribution < 1.29 is 14.4 Å². The summed E-state index contributed by atoms with van der Waals surface area (Å²) in [6.07, 6.45) is 1.87. The average Bonchev–Trinajstić information content (AvgIpc) is 3.03. The molecular weight excluding hydrogens is 234 g/mol. The zero-order valence-electron chi connectivity index (χ0n) is 10.7. The van der Waals surface area contributed by atoms with Crippen LogP contribution in [0, 0.1) is 12.8 Å². The first-order valence-corrected chi connectivity index (χ1v) is 6.14. The van der Waals surface area contributed by atoms with Gasteiger partial charge in [0.2, 0.25) is 11.8 Å². The minimum atomic E-state index is -0.324. The highest BCUT2D eigenvalue weighted by Crippen LogP contribution is 2.32. The molecule has 0 saturated heterocycles. The number of amides is 1. The van der Waals surface area contributed by atoms with Gasteiger partial charge in [-0.3, -0.25) is 15.0 Å². The summed E-state index contributed by atoms with van der Waals surface area (Å²) in [5.41, 5.74) is 0.725. The van der Waals surface area contributed by atoms with Crippen LogP contribution in [0.3, 0.4) is 0 Å². The van der Waals surface area contributed by atoms with Gasteiger partial charge in [0.25, 0.3) is 0 Å². The second kappa shape index (κ2) is 5.49. The lowest BCUT2D eigenvalue weighted by Gasteiger charge is -2.19. The maximum absolute atomic E-state index is 11.7. The number of carbonyl (C=O) groups is 1. The number of likely N-dealkylation sites (N-methyl/N-ethyl adjacent to an activating group) is 1. The molecule has 100 valence electrons. The number of aliphatic hydroxyl groups is 1. The van der Waals surface area contributed by atoms with E-state index >= 15 is 0 Å². The number of hydrogen-bond donors (Lipinski definition) is 2. The predicted octanol–water partition coefficient (Wildman–Crippen LogP) is 0.624. The largest absolute Gasteiger partial charge is 0.392 e. The maximum Gasteiger partial charge on any atom is 0.240 e. The highest BCUT2D eigenvalue weighted by molar-refractivity contribution is 5.90. The van der Waals surface area contributed by atoms with Crippen molar-refractivity contribution in [2.24, 2.45) is 5.92 Å². The third-order valence-electron chi connectivity index (χ3n) is 2.97. The van der Waals surface area contributed by atoms with Crippen LogP contribution >= 0.6 is 0 Å². The van der Waals surface area contributed by atoms with Gasteiger partial charge in [-0.05, 0) is 32.7 Å². The van der Waals surface area contributed by atoms with Crippen LogP contribution in [0.2, 0.25) is 0 Å². The van der Waals surface area contributed by atoms with Crippen molar-refractivity contribution in [1.82, 2.24) is 10.1 Å². The van der Waals surface area contributed by atoms with Crippen LogP contribution in [0.15, 0.2) is 10.6 Å². The van der Waals surface area contributed by atoms with E-state index in [0.717, 1.165) is 18.5 Å². The van der Waals surface area contributed by atoms with Crippen LogP contribution < -0.4 is 5.32 Å². The molecule has 1 aromatic heterocycles. The lowest BCUT2D eigenvalue weighted by Crippen LogP contribution is -2.36. The summed E-state index contributed by atoms with van der Waals surface area (Å²) in [7, 11) is 1.82. The predicted molar refractivity (Wildman–Crippen MR) is 66.1 cm³/mol. The minimum absolute atomic E-state index is 0.170. The molecule has 1 unspecified atom stereocenters. The van der Waals surface area contributed by atoms with Crippen molar-refractivity contribution >= 4 is 11.8 Å². The number of aromatic nitrogens is 1. The van der Waals surface area contributed by atoms with Gasteiger partial charge in [0.15, 0.2) is 0 Å². The molecule has 1 fully saturated rings. The van der Waals surface area contributed by atoms with E-state index in [4.69, 9.17) is 4.52 Å². The van der Waals surface area contributed by atoms with Crippen LogP contribution in [0.1, 0.15) is 18.5 Å². The van der Waals surface area contributed by atoms with E-state index in [0.29, 0.717) is 18.3 Å². The Morgan fingerprint density at radius 1 is 1.72 bits per heavy atom. The third-order valence-corrected chi connectivity index (χ3v) is 2.97.